The second kappa shape index (κ2) is 6.47. The number of carbonyl (C=O) groups excluding carboxylic acids is 1. The van der Waals surface area contributed by atoms with Crippen LogP contribution in [0.4, 0.5) is 18.9 Å². The minimum atomic E-state index is -4.42. The Kier molecular flexibility index (Phi) is 4.82. The van der Waals surface area contributed by atoms with Crippen molar-refractivity contribution in [3.8, 4) is 5.75 Å². The van der Waals surface area contributed by atoms with Gasteiger partial charge < -0.3 is 15.2 Å². The van der Waals surface area contributed by atoms with Crippen molar-refractivity contribution in [2.24, 2.45) is 5.41 Å². The molecule has 2 rings (SSSR count). The van der Waals surface area contributed by atoms with Crippen molar-refractivity contribution in [3.63, 3.8) is 0 Å². The second-order valence-electron chi connectivity index (χ2n) is 5.59. The molecule has 1 amide bonds. The maximum atomic E-state index is 12.0. The van der Waals surface area contributed by atoms with E-state index in [0.29, 0.717) is 18.5 Å². The SMILES string of the molecule is O=C(CC1(C(=O)O)CCC1)Nc1ccc(OCC(F)(F)F)cc1. The van der Waals surface area contributed by atoms with Crippen molar-refractivity contribution in [3.05, 3.63) is 24.3 Å². The minimum Gasteiger partial charge on any atom is -0.484 e. The number of hydrogen-bond acceptors (Lipinski definition) is 3. The van der Waals surface area contributed by atoms with Gasteiger partial charge >= 0.3 is 12.1 Å². The molecule has 1 aliphatic rings. The van der Waals surface area contributed by atoms with Crippen LogP contribution >= 0.6 is 0 Å². The normalized spacial score (nSPS) is 16.3. The van der Waals surface area contributed by atoms with Crippen LogP contribution in [0.25, 0.3) is 0 Å². The number of nitrogens with one attached hydrogen (secondary N) is 1. The summed E-state index contributed by atoms with van der Waals surface area (Å²) in [5, 5.41) is 11.7. The molecule has 5 nitrogen and oxygen atoms in total. The van der Waals surface area contributed by atoms with E-state index in [1.165, 1.54) is 24.3 Å². The van der Waals surface area contributed by atoms with Crippen molar-refractivity contribution in [2.75, 3.05) is 11.9 Å². The molecule has 8 heteroatoms. The minimum absolute atomic E-state index is 0.0290. The lowest BCUT2D eigenvalue weighted by atomic mass is 9.66. The predicted molar refractivity (Wildman–Crippen MR) is 75.2 cm³/mol. The zero-order valence-electron chi connectivity index (χ0n) is 12.2. The van der Waals surface area contributed by atoms with Crippen molar-refractivity contribution in [2.45, 2.75) is 31.9 Å². The Morgan fingerprint density at radius 2 is 1.83 bits per heavy atom. The lowest BCUT2D eigenvalue weighted by Gasteiger charge is -2.36. The molecule has 0 atom stereocenters. The number of aliphatic carboxylic acids is 1. The molecule has 0 unspecified atom stereocenters. The topological polar surface area (TPSA) is 75.6 Å². The molecule has 1 aromatic carbocycles. The summed E-state index contributed by atoms with van der Waals surface area (Å²) in [7, 11) is 0. The van der Waals surface area contributed by atoms with Crippen LogP contribution in [0.2, 0.25) is 0 Å². The highest BCUT2D eigenvalue weighted by atomic mass is 19.4. The van der Waals surface area contributed by atoms with Crippen molar-refractivity contribution in [1.29, 1.82) is 0 Å². The maximum absolute atomic E-state index is 12.0. The fourth-order valence-electron chi connectivity index (χ4n) is 2.38. The van der Waals surface area contributed by atoms with E-state index in [4.69, 9.17) is 0 Å². The lowest BCUT2D eigenvalue weighted by Crippen LogP contribution is -2.41. The van der Waals surface area contributed by atoms with Gasteiger partial charge in [-0.25, -0.2) is 0 Å². The molecule has 0 heterocycles. The first-order valence-corrected chi connectivity index (χ1v) is 7.03. The molecule has 126 valence electrons. The third kappa shape index (κ3) is 4.61. The van der Waals surface area contributed by atoms with Crippen molar-refractivity contribution >= 4 is 17.6 Å². The monoisotopic (exact) mass is 331 g/mol. The Hall–Kier alpha value is -2.25. The molecule has 0 spiro atoms. The molecular weight excluding hydrogens is 315 g/mol. The van der Waals surface area contributed by atoms with Gasteiger partial charge in [0.15, 0.2) is 6.61 Å². The van der Waals surface area contributed by atoms with Crippen LogP contribution in [0.3, 0.4) is 0 Å². The molecule has 1 fully saturated rings. The van der Waals surface area contributed by atoms with Crippen LogP contribution < -0.4 is 10.1 Å². The standard InChI is InChI=1S/C15H16F3NO4/c16-15(17,18)9-23-11-4-2-10(3-5-11)19-12(20)8-14(13(21)22)6-1-7-14/h2-5H,1,6-9H2,(H,19,20)(H,21,22). The quantitative estimate of drug-likeness (QED) is 0.839. The summed E-state index contributed by atoms with van der Waals surface area (Å²) in [6.45, 7) is -1.39. The van der Waals surface area contributed by atoms with E-state index in [-0.39, 0.29) is 12.2 Å². The zero-order valence-corrected chi connectivity index (χ0v) is 12.2. The van der Waals surface area contributed by atoms with Crippen molar-refractivity contribution < 1.29 is 32.6 Å². The Labute approximate surface area is 130 Å². The molecule has 0 bridgehead atoms. The summed E-state index contributed by atoms with van der Waals surface area (Å²) in [6.07, 6.45) is -2.81. The predicted octanol–water partition coefficient (Wildman–Crippen LogP) is 3.21. The van der Waals surface area contributed by atoms with Crippen LogP contribution in [0.15, 0.2) is 24.3 Å². The highest BCUT2D eigenvalue weighted by Crippen LogP contribution is 2.44. The third-order valence-corrected chi connectivity index (χ3v) is 3.80. The van der Waals surface area contributed by atoms with Gasteiger partial charge in [-0.15, -0.1) is 0 Å². The van der Waals surface area contributed by atoms with Crippen LogP contribution in [0.5, 0.6) is 5.75 Å². The van der Waals surface area contributed by atoms with Crippen LogP contribution in [-0.4, -0.2) is 29.8 Å². The second-order valence-corrected chi connectivity index (χ2v) is 5.59. The van der Waals surface area contributed by atoms with Gasteiger partial charge in [-0.1, -0.05) is 6.42 Å². The molecular formula is C15H16F3NO4. The summed E-state index contributed by atoms with van der Waals surface area (Å²) < 4.78 is 40.6. The maximum Gasteiger partial charge on any atom is 0.422 e. The smallest absolute Gasteiger partial charge is 0.422 e. The number of halogens is 3. The number of alkyl halides is 3. The number of rotatable bonds is 6. The molecule has 23 heavy (non-hydrogen) atoms. The van der Waals surface area contributed by atoms with Gasteiger partial charge in [0.1, 0.15) is 5.75 Å². The third-order valence-electron chi connectivity index (χ3n) is 3.80. The molecule has 1 saturated carbocycles. The molecule has 1 aliphatic carbocycles. The van der Waals surface area contributed by atoms with Crippen LogP contribution in [-0.2, 0) is 9.59 Å². The highest BCUT2D eigenvalue weighted by Gasteiger charge is 2.45. The largest absolute Gasteiger partial charge is 0.484 e. The highest BCUT2D eigenvalue weighted by molar-refractivity contribution is 5.94. The first-order valence-electron chi connectivity index (χ1n) is 7.03. The van der Waals surface area contributed by atoms with Gasteiger partial charge in [0.25, 0.3) is 0 Å². The van der Waals surface area contributed by atoms with Gasteiger partial charge in [0.2, 0.25) is 5.91 Å². The Morgan fingerprint density at radius 3 is 2.26 bits per heavy atom. The van der Waals surface area contributed by atoms with Gasteiger partial charge in [-0.2, -0.15) is 13.2 Å². The Bertz CT molecular complexity index is 579. The summed E-state index contributed by atoms with van der Waals surface area (Å²) in [5.41, 5.74) is -0.617. The number of carboxylic acids is 1. The molecule has 0 radical (unpaired) electrons. The van der Waals surface area contributed by atoms with Gasteiger partial charge in [0, 0.05) is 12.1 Å². The van der Waals surface area contributed by atoms with E-state index in [1.807, 2.05) is 0 Å². The van der Waals surface area contributed by atoms with Gasteiger partial charge in [-0.05, 0) is 37.1 Å². The van der Waals surface area contributed by atoms with E-state index in [0.717, 1.165) is 6.42 Å². The fourth-order valence-corrected chi connectivity index (χ4v) is 2.38. The Balaban J connectivity index is 1.88. The number of hydrogen-bond donors (Lipinski definition) is 2. The number of amides is 1. The average Bonchev–Trinajstić information content (AvgIpc) is 2.41. The number of benzene rings is 1. The molecule has 0 aliphatic heterocycles. The molecule has 1 aromatic rings. The average molecular weight is 331 g/mol. The number of carboxylic acid groups (broad SMARTS) is 1. The molecule has 0 saturated heterocycles. The van der Waals surface area contributed by atoms with Gasteiger partial charge in [0.05, 0.1) is 5.41 Å². The first-order chi connectivity index (χ1) is 10.7. The summed E-state index contributed by atoms with van der Waals surface area (Å²) >= 11 is 0. The zero-order chi connectivity index (χ0) is 17.1. The molecule has 2 N–H and O–H groups in total. The Morgan fingerprint density at radius 1 is 1.22 bits per heavy atom. The van der Waals surface area contributed by atoms with Crippen LogP contribution in [0.1, 0.15) is 25.7 Å². The number of anilines is 1. The van der Waals surface area contributed by atoms with E-state index in [9.17, 15) is 27.9 Å². The van der Waals surface area contributed by atoms with E-state index >= 15 is 0 Å². The fraction of sp³-hybridized carbons (Fsp3) is 0.467. The number of carbonyl (C=O) groups is 2. The summed E-state index contributed by atoms with van der Waals surface area (Å²) in [4.78, 5) is 23.1. The first kappa shape index (κ1) is 17.1. The van der Waals surface area contributed by atoms with E-state index in [1.54, 1.807) is 0 Å². The van der Waals surface area contributed by atoms with E-state index in [2.05, 4.69) is 10.1 Å². The van der Waals surface area contributed by atoms with Gasteiger partial charge in [-0.3, -0.25) is 9.59 Å². The van der Waals surface area contributed by atoms with Crippen LogP contribution in [0, 0.1) is 5.41 Å². The summed E-state index contributed by atoms with van der Waals surface area (Å²) in [6, 6.07) is 5.41. The molecule has 0 aromatic heterocycles. The lowest BCUT2D eigenvalue weighted by molar-refractivity contribution is -0.157. The summed E-state index contributed by atoms with van der Waals surface area (Å²) in [5.74, 6) is -1.38. The van der Waals surface area contributed by atoms with Crippen molar-refractivity contribution in [1.82, 2.24) is 0 Å². The van der Waals surface area contributed by atoms with E-state index < -0.39 is 30.1 Å². The number of ether oxygens (including phenoxy) is 1.